The zero-order valence-electron chi connectivity index (χ0n) is 22.2. The highest BCUT2D eigenvalue weighted by atomic mass is 32.2. The molecular formula is C29H36N4O4S2. The summed E-state index contributed by atoms with van der Waals surface area (Å²) in [5.74, 6) is 0.181. The molecule has 39 heavy (non-hydrogen) atoms. The molecule has 4 aliphatic rings. The summed E-state index contributed by atoms with van der Waals surface area (Å²) in [5.41, 5.74) is 2.41. The molecule has 0 bridgehead atoms. The topological polar surface area (TPSA) is 112 Å². The molecule has 1 amide bonds. The largest absolute Gasteiger partial charge is 0.371 e. The third kappa shape index (κ3) is 5.72. The van der Waals surface area contributed by atoms with Gasteiger partial charge in [-0.3, -0.25) is 4.79 Å². The van der Waals surface area contributed by atoms with Crippen LogP contribution in [0, 0.1) is 17.2 Å². The number of carbonyl (C=O) groups excluding carboxylic acids is 1. The molecule has 4 fully saturated rings. The van der Waals surface area contributed by atoms with E-state index in [0.29, 0.717) is 13.1 Å². The number of aromatic nitrogens is 1. The summed E-state index contributed by atoms with van der Waals surface area (Å²) in [6, 6.07) is 10.7. The van der Waals surface area contributed by atoms with Gasteiger partial charge < -0.3 is 15.0 Å². The number of nitrogens with one attached hydrogen (secondary N) is 1. The number of anilines is 1. The minimum absolute atomic E-state index is 0.00353. The molecule has 3 heterocycles. The van der Waals surface area contributed by atoms with E-state index in [-0.39, 0.29) is 35.4 Å². The smallest absolute Gasteiger partial charge is 0.225 e. The van der Waals surface area contributed by atoms with Gasteiger partial charge in [0, 0.05) is 37.2 Å². The molecule has 2 aliphatic heterocycles. The first-order chi connectivity index (χ1) is 18.9. The number of carbonyl (C=O) groups is 1. The summed E-state index contributed by atoms with van der Waals surface area (Å²) in [4.78, 5) is 21.9. The minimum Gasteiger partial charge on any atom is -0.371 e. The molecule has 8 nitrogen and oxygen atoms in total. The van der Waals surface area contributed by atoms with Gasteiger partial charge in [-0.05, 0) is 62.6 Å². The Hall–Kier alpha value is -2.48. The first-order valence-electron chi connectivity index (χ1n) is 14.3. The Labute approximate surface area is 234 Å². The van der Waals surface area contributed by atoms with Crippen LogP contribution in [-0.2, 0) is 19.4 Å². The highest BCUT2D eigenvalue weighted by molar-refractivity contribution is 7.91. The summed E-state index contributed by atoms with van der Waals surface area (Å²) < 4.78 is 29.9. The molecule has 0 radical (unpaired) electrons. The Bertz CT molecular complexity index is 1340. The second kappa shape index (κ2) is 10.8. The summed E-state index contributed by atoms with van der Waals surface area (Å²) in [7, 11) is -2.93. The van der Waals surface area contributed by atoms with E-state index in [4.69, 9.17) is 9.72 Å². The zero-order valence-corrected chi connectivity index (χ0v) is 23.9. The third-order valence-corrected chi connectivity index (χ3v) is 11.6. The molecule has 208 valence electrons. The summed E-state index contributed by atoms with van der Waals surface area (Å²) in [6.45, 7) is 1.78. The number of nitrogens with zero attached hydrogens (tertiary/aromatic N) is 3. The van der Waals surface area contributed by atoms with Crippen LogP contribution in [0.5, 0.6) is 0 Å². The van der Waals surface area contributed by atoms with Crippen LogP contribution in [0.15, 0.2) is 24.3 Å². The molecule has 0 spiro atoms. The van der Waals surface area contributed by atoms with Crippen molar-refractivity contribution in [2.24, 2.45) is 5.92 Å². The first-order valence-corrected chi connectivity index (χ1v) is 16.9. The van der Waals surface area contributed by atoms with Crippen molar-refractivity contribution in [3.63, 3.8) is 0 Å². The van der Waals surface area contributed by atoms with E-state index in [1.807, 2.05) is 0 Å². The number of hydrogen-bond acceptors (Lipinski definition) is 8. The number of benzene rings is 1. The van der Waals surface area contributed by atoms with Crippen LogP contribution in [0.4, 0.5) is 5.69 Å². The molecule has 1 unspecified atom stereocenters. The Morgan fingerprint density at radius 2 is 1.79 bits per heavy atom. The quantitative estimate of drug-likeness (QED) is 0.536. The maximum atomic E-state index is 13.5. The van der Waals surface area contributed by atoms with Crippen molar-refractivity contribution in [3.8, 4) is 16.5 Å². The summed E-state index contributed by atoms with van der Waals surface area (Å²) in [5, 5.41) is 13.6. The molecule has 2 saturated carbocycles. The van der Waals surface area contributed by atoms with Gasteiger partial charge in [0.25, 0.3) is 0 Å². The fourth-order valence-electron chi connectivity index (χ4n) is 6.16. The van der Waals surface area contributed by atoms with E-state index in [1.54, 1.807) is 11.3 Å². The van der Waals surface area contributed by atoms with E-state index >= 15 is 0 Å². The van der Waals surface area contributed by atoms with Crippen molar-refractivity contribution in [2.75, 3.05) is 36.1 Å². The van der Waals surface area contributed by atoms with Gasteiger partial charge in [0.15, 0.2) is 9.84 Å². The van der Waals surface area contributed by atoms with Crippen molar-refractivity contribution in [1.82, 2.24) is 10.3 Å². The van der Waals surface area contributed by atoms with Crippen LogP contribution in [-0.4, -0.2) is 56.0 Å². The average molecular weight is 569 g/mol. The third-order valence-electron chi connectivity index (χ3n) is 8.74. The van der Waals surface area contributed by atoms with Gasteiger partial charge in [-0.1, -0.05) is 25.0 Å². The summed E-state index contributed by atoms with van der Waals surface area (Å²) in [6.07, 6.45) is 8.39. The Morgan fingerprint density at radius 3 is 2.46 bits per heavy atom. The van der Waals surface area contributed by atoms with E-state index < -0.39 is 15.4 Å². The van der Waals surface area contributed by atoms with E-state index in [0.717, 1.165) is 91.2 Å². The fraction of sp³-hybridized carbons (Fsp3) is 0.621. The normalized spacial score (nSPS) is 27.9. The van der Waals surface area contributed by atoms with Gasteiger partial charge in [0.1, 0.15) is 16.7 Å². The molecule has 1 aromatic carbocycles. The second-order valence-electron chi connectivity index (χ2n) is 11.5. The number of sulfone groups is 1. The van der Waals surface area contributed by atoms with Crippen LogP contribution >= 0.6 is 11.3 Å². The molecule has 1 aromatic heterocycles. The molecule has 3 atom stereocenters. The van der Waals surface area contributed by atoms with Crippen LogP contribution in [0.3, 0.4) is 0 Å². The molecule has 10 heteroatoms. The lowest BCUT2D eigenvalue weighted by Gasteiger charge is -2.31. The lowest BCUT2D eigenvalue weighted by atomic mass is 9.76. The predicted octanol–water partition coefficient (Wildman–Crippen LogP) is 4.73. The number of thiazole rings is 1. The Kier molecular flexibility index (Phi) is 7.42. The van der Waals surface area contributed by atoms with Crippen LogP contribution < -0.4 is 10.2 Å². The average Bonchev–Trinajstić information content (AvgIpc) is 3.60. The van der Waals surface area contributed by atoms with Gasteiger partial charge in [0.2, 0.25) is 5.91 Å². The SMILES string of the molecule is N#CC1(NC(=O)[C@@H]2CCCC[C@H]2c2nc(C3CCCCO3)sc2-c2ccc(N3CCS(=O)(=O)CC3)cc2)CC1. The molecule has 2 aromatic rings. The van der Waals surface area contributed by atoms with Crippen molar-refractivity contribution >= 4 is 32.8 Å². The first kappa shape index (κ1) is 26.7. The Morgan fingerprint density at radius 1 is 1.08 bits per heavy atom. The fourth-order valence-corrected chi connectivity index (χ4v) is 8.59. The van der Waals surface area contributed by atoms with Gasteiger partial charge >= 0.3 is 0 Å². The monoisotopic (exact) mass is 568 g/mol. The lowest BCUT2D eigenvalue weighted by molar-refractivity contribution is -0.127. The minimum atomic E-state index is -2.93. The standard InChI is InChI=1S/C29H36N4O4S2/c30-19-29(12-13-29)32-27(34)23-6-2-1-5-22(23)25-26(38-28(31-25)24-7-3-4-16-37-24)20-8-10-21(11-9-20)33-14-17-39(35,36)18-15-33/h8-11,22-24H,1-7,12-18H2,(H,32,34)/t22-,23-,24?/m1/s1. The molecule has 6 rings (SSSR count). The number of ether oxygens (including phenoxy) is 1. The maximum absolute atomic E-state index is 13.5. The van der Waals surface area contributed by atoms with Gasteiger partial charge in [-0.25, -0.2) is 13.4 Å². The van der Waals surface area contributed by atoms with Crippen molar-refractivity contribution in [1.29, 1.82) is 5.26 Å². The molecular weight excluding hydrogens is 532 g/mol. The highest BCUT2D eigenvalue weighted by Gasteiger charge is 2.47. The highest BCUT2D eigenvalue weighted by Crippen LogP contribution is 2.47. The molecule has 1 N–H and O–H groups in total. The van der Waals surface area contributed by atoms with Crippen LogP contribution in [0.1, 0.15) is 80.5 Å². The second-order valence-corrected chi connectivity index (χ2v) is 14.8. The number of rotatable bonds is 6. The van der Waals surface area contributed by atoms with Crippen LogP contribution in [0.25, 0.3) is 10.4 Å². The van der Waals surface area contributed by atoms with Gasteiger partial charge in [0.05, 0.1) is 28.1 Å². The van der Waals surface area contributed by atoms with E-state index in [1.165, 1.54) is 0 Å². The van der Waals surface area contributed by atoms with Gasteiger partial charge in [-0.2, -0.15) is 5.26 Å². The number of amides is 1. The summed E-state index contributed by atoms with van der Waals surface area (Å²) >= 11 is 1.68. The Balaban J connectivity index is 1.31. The maximum Gasteiger partial charge on any atom is 0.225 e. The van der Waals surface area contributed by atoms with Crippen molar-refractivity contribution in [3.05, 3.63) is 35.0 Å². The van der Waals surface area contributed by atoms with E-state index in [2.05, 4.69) is 40.6 Å². The predicted molar refractivity (Wildman–Crippen MR) is 151 cm³/mol. The van der Waals surface area contributed by atoms with Crippen molar-refractivity contribution < 1.29 is 17.9 Å². The van der Waals surface area contributed by atoms with Crippen molar-refractivity contribution in [2.45, 2.75) is 75.3 Å². The molecule has 2 saturated heterocycles. The zero-order chi connectivity index (χ0) is 27.0. The number of hydrogen-bond donors (Lipinski definition) is 1. The van der Waals surface area contributed by atoms with E-state index in [9.17, 15) is 18.5 Å². The van der Waals surface area contributed by atoms with Gasteiger partial charge in [-0.15, -0.1) is 11.3 Å². The van der Waals surface area contributed by atoms with Crippen LogP contribution in [0.2, 0.25) is 0 Å². The number of nitriles is 1. The lowest BCUT2D eigenvalue weighted by Crippen LogP contribution is -2.42. The molecule has 2 aliphatic carbocycles.